The Balaban J connectivity index is 2.30. The third-order valence-electron chi connectivity index (χ3n) is 2.99. The number of amides is 1. The zero-order valence-electron chi connectivity index (χ0n) is 12.9. The summed E-state index contributed by atoms with van der Waals surface area (Å²) >= 11 is 0. The van der Waals surface area contributed by atoms with Gasteiger partial charge in [0.25, 0.3) is 0 Å². The molecule has 0 aromatic carbocycles. The molecule has 6 nitrogen and oxygen atoms in total. The minimum absolute atomic E-state index is 0.165. The van der Waals surface area contributed by atoms with Crippen molar-refractivity contribution in [1.29, 1.82) is 0 Å². The first kappa shape index (κ1) is 16.8. The molecule has 1 aliphatic heterocycles. The van der Waals surface area contributed by atoms with Gasteiger partial charge in [0.05, 0.1) is 6.61 Å². The van der Waals surface area contributed by atoms with E-state index >= 15 is 0 Å². The highest BCUT2D eigenvalue weighted by atomic mass is 16.6. The molecule has 1 amide bonds. The lowest BCUT2D eigenvalue weighted by atomic mass is 10.2. The fourth-order valence-electron chi connectivity index (χ4n) is 2.21. The van der Waals surface area contributed by atoms with E-state index in [0.29, 0.717) is 19.7 Å². The molecule has 0 bridgehead atoms. The van der Waals surface area contributed by atoms with Crippen LogP contribution in [0.4, 0.5) is 4.79 Å². The van der Waals surface area contributed by atoms with Gasteiger partial charge in [-0.25, -0.2) is 4.79 Å². The fraction of sp³-hybridized carbons (Fsp3) is 0.857. The van der Waals surface area contributed by atoms with Crippen molar-refractivity contribution < 1.29 is 19.1 Å². The topological polar surface area (TPSA) is 67.9 Å². The molecule has 20 heavy (non-hydrogen) atoms. The van der Waals surface area contributed by atoms with E-state index in [4.69, 9.17) is 9.47 Å². The Morgan fingerprint density at radius 3 is 2.65 bits per heavy atom. The Bertz CT molecular complexity index is 339. The predicted molar refractivity (Wildman–Crippen MR) is 75.5 cm³/mol. The molecule has 0 saturated carbocycles. The second-order valence-electron chi connectivity index (χ2n) is 5.87. The molecule has 0 aliphatic carbocycles. The summed E-state index contributed by atoms with van der Waals surface area (Å²) in [7, 11) is 0. The lowest BCUT2D eigenvalue weighted by Crippen LogP contribution is -2.42. The standard InChI is InChI=1S/C14H26N2O4/c1-5-19-12(17)11-7-6-9-16(11)10-8-15-13(18)20-14(2,3)4/h11H,5-10H2,1-4H3,(H,15,18). The van der Waals surface area contributed by atoms with Crippen molar-refractivity contribution in [3.8, 4) is 0 Å². The normalized spacial score (nSPS) is 19.7. The zero-order chi connectivity index (χ0) is 15.2. The highest BCUT2D eigenvalue weighted by Gasteiger charge is 2.31. The van der Waals surface area contributed by atoms with Crippen molar-refractivity contribution in [2.75, 3.05) is 26.2 Å². The summed E-state index contributed by atoms with van der Waals surface area (Å²) in [5.74, 6) is -0.165. The quantitative estimate of drug-likeness (QED) is 0.776. The van der Waals surface area contributed by atoms with Gasteiger partial charge >= 0.3 is 12.1 Å². The molecule has 1 N–H and O–H groups in total. The van der Waals surface area contributed by atoms with Crippen molar-refractivity contribution in [1.82, 2.24) is 10.2 Å². The second-order valence-corrected chi connectivity index (χ2v) is 5.87. The van der Waals surface area contributed by atoms with Crippen LogP contribution in [0.2, 0.25) is 0 Å². The number of alkyl carbamates (subject to hydrolysis) is 1. The molecule has 1 fully saturated rings. The summed E-state index contributed by atoms with van der Waals surface area (Å²) in [6.07, 6.45) is 1.38. The second kappa shape index (κ2) is 7.47. The summed E-state index contributed by atoms with van der Waals surface area (Å²) in [5, 5.41) is 2.70. The highest BCUT2D eigenvalue weighted by molar-refractivity contribution is 5.76. The Hall–Kier alpha value is -1.30. The maximum absolute atomic E-state index is 11.8. The maximum Gasteiger partial charge on any atom is 0.407 e. The molecule has 116 valence electrons. The molecular weight excluding hydrogens is 260 g/mol. The Kier molecular flexibility index (Phi) is 6.26. The lowest BCUT2D eigenvalue weighted by molar-refractivity contribution is -0.148. The average Bonchev–Trinajstić information content (AvgIpc) is 2.75. The number of esters is 1. The largest absolute Gasteiger partial charge is 0.465 e. The Morgan fingerprint density at radius 1 is 1.35 bits per heavy atom. The monoisotopic (exact) mass is 286 g/mol. The fourth-order valence-corrected chi connectivity index (χ4v) is 2.21. The maximum atomic E-state index is 11.8. The van der Waals surface area contributed by atoms with Crippen molar-refractivity contribution in [2.24, 2.45) is 0 Å². The van der Waals surface area contributed by atoms with Gasteiger partial charge in [-0.1, -0.05) is 0 Å². The first-order valence-electron chi connectivity index (χ1n) is 7.21. The van der Waals surface area contributed by atoms with Crippen LogP contribution in [-0.4, -0.2) is 54.8 Å². The van der Waals surface area contributed by atoms with Crippen LogP contribution in [0.25, 0.3) is 0 Å². The number of carbonyl (C=O) groups is 2. The molecule has 1 aliphatic rings. The van der Waals surface area contributed by atoms with E-state index < -0.39 is 11.7 Å². The number of nitrogens with zero attached hydrogens (tertiary/aromatic N) is 1. The van der Waals surface area contributed by atoms with Gasteiger partial charge in [0, 0.05) is 13.1 Å². The summed E-state index contributed by atoms with van der Waals surface area (Å²) in [6.45, 7) is 9.63. The smallest absolute Gasteiger partial charge is 0.407 e. The van der Waals surface area contributed by atoms with Crippen molar-refractivity contribution in [3.63, 3.8) is 0 Å². The van der Waals surface area contributed by atoms with E-state index in [0.717, 1.165) is 19.4 Å². The van der Waals surface area contributed by atoms with Crippen LogP contribution in [0, 0.1) is 0 Å². The number of rotatable bonds is 5. The van der Waals surface area contributed by atoms with Crippen molar-refractivity contribution in [2.45, 2.75) is 52.2 Å². The molecule has 1 unspecified atom stereocenters. The minimum atomic E-state index is -0.495. The predicted octanol–water partition coefficient (Wildman–Crippen LogP) is 1.54. The number of nitrogens with one attached hydrogen (secondary N) is 1. The molecule has 0 radical (unpaired) electrons. The zero-order valence-corrected chi connectivity index (χ0v) is 12.9. The molecular formula is C14H26N2O4. The molecule has 1 heterocycles. The number of carbonyl (C=O) groups excluding carboxylic acids is 2. The molecule has 6 heteroatoms. The number of hydrogen-bond acceptors (Lipinski definition) is 5. The van der Waals surface area contributed by atoms with Crippen LogP contribution in [0.1, 0.15) is 40.5 Å². The van der Waals surface area contributed by atoms with E-state index in [1.807, 2.05) is 20.8 Å². The third kappa shape index (κ3) is 5.77. The molecule has 0 aromatic rings. The summed E-state index contributed by atoms with van der Waals surface area (Å²) < 4.78 is 10.2. The van der Waals surface area contributed by atoms with Gasteiger partial charge in [0.1, 0.15) is 11.6 Å². The number of hydrogen-bond donors (Lipinski definition) is 1. The summed E-state index contributed by atoms with van der Waals surface area (Å²) in [5.41, 5.74) is -0.495. The first-order valence-corrected chi connectivity index (χ1v) is 7.21. The minimum Gasteiger partial charge on any atom is -0.465 e. The van der Waals surface area contributed by atoms with Gasteiger partial charge in [-0.2, -0.15) is 0 Å². The van der Waals surface area contributed by atoms with E-state index in [-0.39, 0.29) is 12.0 Å². The van der Waals surface area contributed by atoms with Gasteiger partial charge in [-0.15, -0.1) is 0 Å². The molecule has 0 aromatic heterocycles. The molecule has 1 rings (SSSR count). The molecule has 1 saturated heterocycles. The van der Waals surface area contributed by atoms with E-state index in [1.54, 1.807) is 6.92 Å². The lowest BCUT2D eigenvalue weighted by Gasteiger charge is -2.23. The van der Waals surface area contributed by atoms with Crippen LogP contribution in [0.5, 0.6) is 0 Å². The van der Waals surface area contributed by atoms with Crippen LogP contribution >= 0.6 is 0 Å². The van der Waals surface area contributed by atoms with Gasteiger partial charge < -0.3 is 14.8 Å². The SMILES string of the molecule is CCOC(=O)C1CCCN1CCNC(=O)OC(C)(C)C. The van der Waals surface area contributed by atoms with Crippen LogP contribution in [-0.2, 0) is 14.3 Å². The van der Waals surface area contributed by atoms with E-state index in [9.17, 15) is 9.59 Å². The number of ether oxygens (including phenoxy) is 2. The van der Waals surface area contributed by atoms with Crippen LogP contribution in [0.15, 0.2) is 0 Å². The highest BCUT2D eigenvalue weighted by Crippen LogP contribution is 2.17. The van der Waals surface area contributed by atoms with Gasteiger partial charge in [-0.3, -0.25) is 9.69 Å². The van der Waals surface area contributed by atoms with E-state index in [2.05, 4.69) is 10.2 Å². The van der Waals surface area contributed by atoms with E-state index in [1.165, 1.54) is 0 Å². The third-order valence-corrected chi connectivity index (χ3v) is 2.99. The molecule has 0 spiro atoms. The van der Waals surface area contributed by atoms with Crippen molar-refractivity contribution >= 4 is 12.1 Å². The Morgan fingerprint density at radius 2 is 2.05 bits per heavy atom. The number of likely N-dealkylation sites (tertiary alicyclic amines) is 1. The Labute approximate surface area is 120 Å². The summed E-state index contributed by atoms with van der Waals surface area (Å²) in [4.78, 5) is 25.3. The van der Waals surface area contributed by atoms with Crippen LogP contribution < -0.4 is 5.32 Å². The molecule has 1 atom stereocenters. The van der Waals surface area contributed by atoms with Crippen LogP contribution in [0.3, 0.4) is 0 Å². The summed E-state index contributed by atoms with van der Waals surface area (Å²) in [6, 6.07) is -0.171. The van der Waals surface area contributed by atoms with Gasteiger partial charge in [-0.05, 0) is 47.1 Å². The average molecular weight is 286 g/mol. The van der Waals surface area contributed by atoms with Gasteiger partial charge in [0.2, 0.25) is 0 Å². The first-order chi connectivity index (χ1) is 9.33. The van der Waals surface area contributed by atoms with Gasteiger partial charge in [0.15, 0.2) is 0 Å². The van der Waals surface area contributed by atoms with Crippen molar-refractivity contribution in [3.05, 3.63) is 0 Å².